The summed E-state index contributed by atoms with van der Waals surface area (Å²) in [6.45, 7) is 8.20. The third kappa shape index (κ3) is 43.5. The van der Waals surface area contributed by atoms with Gasteiger partial charge in [-0.05, 0) is 117 Å². The van der Waals surface area contributed by atoms with Crippen molar-refractivity contribution in [1.82, 2.24) is 4.90 Å². The summed E-state index contributed by atoms with van der Waals surface area (Å²) in [6, 6.07) is 0. The summed E-state index contributed by atoms with van der Waals surface area (Å²) < 4.78 is 11.7. The molecule has 0 fully saturated rings. The van der Waals surface area contributed by atoms with E-state index < -0.39 is 0 Å². The van der Waals surface area contributed by atoms with Gasteiger partial charge in [0.05, 0.1) is 6.61 Å². The van der Waals surface area contributed by atoms with Crippen molar-refractivity contribution in [2.75, 3.05) is 27.2 Å². The number of rotatable bonds is 44. The van der Waals surface area contributed by atoms with Crippen LogP contribution >= 0.6 is 0 Å². The number of unbranched alkanes of at least 4 members (excludes halogenated alkanes) is 24. The summed E-state index contributed by atoms with van der Waals surface area (Å²) >= 11 is 0. The maximum atomic E-state index is 12.8. The molecule has 0 saturated heterocycles. The van der Waals surface area contributed by atoms with Crippen molar-refractivity contribution in [3.8, 4) is 0 Å². The second-order valence-electron chi connectivity index (χ2n) is 17.3. The predicted octanol–water partition coefficient (Wildman–Crippen LogP) is 16.1. The number of carbonyl (C=O) groups excluding carboxylic acids is 2. The lowest BCUT2D eigenvalue weighted by Gasteiger charge is -2.18. The summed E-state index contributed by atoms with van der Waals surface area (Å²) in [5.74, 6) is -0.190. The van der Waals surface area contributed by atoms with Crippen LogP contribution in [0.25, 0.3) is 0 Å². The number of carbonyl (C=O) groups is 2. The van der Waals surface area contributed by atoms with E-state index >= 15 is 0 Å². The molecule has 0 spiro atoms. The van der Waals surface area contributed by atoms with Crippen LogP contribution in [-0.4, -0.2) is 50.2 Å². The maximum Gasteiger partial charge on any atom is 0.330 e. The van der Waals surface area contributed by atoms with Crippen LogP contribution in [0.1, 0.15) is 252 Å². The van der Waals surface area contributed by atoms with Crippen LogP contribution < -0.4 is 0 Å². The Labute approximate surface area is 356 Å². The topological polar surface area (TPSA) is 55.8 Å². The van der Waals surface area contributed by atoms with E-state index in [0.717, 1.165) is 77.2 Å². The average Bonchev–Trinajstić information content (AvgIpc) is 3.19. The fourth-order valence-corrected chi connectivity index (χ4v) is 7.50. The number of allylic oxidation sites excluding steroid dienone is 5. The normalized spacial score (nSPS) is 12.7. The van der Waals surface area contributed by atoms with Gasteiger partial charge in [-0.15, -0.1) is 0 Å². The average molecular weight is 800 g/mol. The number of hydrogen-bond donors (Lipinski definition) is 0. The quantitative estimate of drug-likeness (QED) is 0.0266. The van der Waals surface area contributed by atoms with Gasteiger partial charge >= 0.3 is 11.9 Å². The van der Waals surface area contributed by atoms with Crippen LogP contribution in [0.2, 0.25) is 0 Å². The van der Waals surface area contributed by atoms with E-state index in [1.807, 2.05) is 20.2 Å². The number of nitrogens with zero attached hydrogens (tertiary/aromatic N) is 1. The molecule has 0 aliphatic heterocycles. The van der Waals surface area contributed by atoms with Gasteiger partial charge in [0.15, 0.2) is 0 Å². The molecule has 0 radical (unpaired) electrons. The highest BCUT2D eigenvalue weighted by atomic mass is 16.5. The summed E-state index contributed by atoms with van der Waals surface area (Å²) in [5, 5.41) is 0. The van der Waals surface area contributed by atoms with Gasteiger partial charge in [-0.25, -0.2) is 4.79 Å². The van der Waals surface area contributed by atoms with Crippen LogP contribution in [0, 0.1) is 0 Å². The molecule has 334 valence electrons. The number of hydrogen-bond acceptors (Lipinski definition) is 5. The Bertz CT molecular complexity index is 954. The van der Waals surface area contributed by atoms with Gasteiger partial charge in [0.25, 0.3) is 0 Å². The number of ether oxygens (including phenoxy) is 2. The first-order chi connectivity index (χ1) is 27.9. The van der Waals surface area contributed by atoms with Crippen LogP contribution in [0.15, 0.2) is 36.0 Å². The van der Waals surface area contributed by atoms with Crippen molar-refractivity contribution in [2.24, 2.45) is 0 Å². The van der Waals surface area contributed by atoms with Crippen molar-refractivity contribution < 1.29 is 19.1 Å². The Morgan fingerprint density at radius 1 is 0.491 bits per heavy atom. The molecule has 0 aromatic heterocycles. The maximum absolute atomic E-state index is 12.8. The Balaban J connectivity index is 4.49. The molecule has 0 aromatic rings. The Morgan fingerprint density at radius 3 is 1.46 bits per heavy atom. The molecular weight excluding hydrogens is 703 g/mol. The third-order valence-corrected chi connectivity index (χ3v) is 11.2. The lowest BCUT2D eigenvalue weighted by Crippen LogP contribution is -2.20. The molecule has 57 heavy (non-hydrogen) atoms. The fraction of sp³-hybridized carbons (Fsp3) is 0.846. The minimum Gasteiger partial charge on any atom is -0.463 e. The van der Waals surface area contributed by atoms with Crippen LogP contribution in [0.3, 0.4) is 0 Å². The van der Waals surface area contributed by atoms with E-state index in [9.17, 15) is 9.59 Å². The third-order valence-electron chi connectivity index (χ3n) is 11.2. The van der Waals surface area contributed by atoms with E-state index in [4.69, 9.17) is 9.47 Å². The van der Waals surface area contributed by atoms with Gasteiger partial charge < -0.3 is 14.4 Å². The van der Waals surface area contributed by atoms with Crippen molar-refractivity contribution in [1.29, 1.82) is 0 Å². The van der Waals surface area contributed by atoms with Gasteiger partial charge in [0, 0.05) is 12.5 Å². The van der Waals surface area contributed by atoms with Gasteiger partial charge in [0.1, 0.15) is 6.10 Å². The van der Waals surface area contributed by atoms with Crippen molar-refractivity contribution in [3.05, 3.63) is 36.0 Å². The first-order valence-electron chi connectivity index (χ1n) is 24.9. The zero-order valence-corrected chi connectivity index (χ0v) is 38.9. The Hall–Kier alpha value is -1.88. The van der Waals surface area contributed by atoms with E-state index in [-0.39, 0.29) is 18.0 Å². The van der Waals surface area contributed by atoms with E-state index in [0.29, 0.717) is 13.0 Å². The minimum atomic E-state index is -0.148. The first-order valence-corrected chi connectivity index (χ1v) is 24.9. The second kappa shape index (κ2) is 45.2. The zero-order valence-electron chi connectivity index (χ0n) is 38.9. The van der Waals surface area contributed by atoms with Gasteiger partial charge in [-0.3, -0.25) is 4.79 Å². The molecule has 0 aliphatic rings. The molecule has 0 saturated carbocycles. The Morgan fingerprint density at radius 2 is 0.930 bits per heavy atom. The highest BCUT2D eigenvalue weighted by molar-refractivity contribution is 5.82. The van der Waals surface area contributed by atoms with Gasteiger partial charge in [-0.1, -0.05) is 179 Å². The van der Waals surface area contributed by atoms with Crippen LogP contribution in [-0.2, 0) is 19.1 Å². The molecule has 0 heterocycles. The molecule has 0 aromatic carbocycles. The summed E-state index contributed by atoms with van der Waals surface area (Å²) in [4.78, 5) is 27.6. The van der Waals surface area contributed by atoms with Crippen LogP contribution in [0.4, 0.5) is 0 Å². The molecule has 5 heteroatoms. The summed E-state index contributed by atoms with van der Waals surface area (Å²) in [7, 11) is 4.09. The summed E-state index contributed by atoms with van der Waals surface area (Å²) in [5.41, 5.74) is 1.29. The standard InChI is InChI=1S/C52H97NO4/c1-6-9-12-15-18-20-21-22-23-24-25-26-27-29-32-37-43-50(57-51(54)45-40-46-53(4)5)44-38-33-34-39-47-56-52(55)48-49(41-35-30-17-14-11-8-3)42-36-31-28-19-16-13-10-7-2/h18,20,22-23,48,50H,6-17,19,21,24-47H2,1-5H3/b20-18-,23-22-,49-48+. The molecule has 0 bridgehead atoms. The lowest BCUT2D eigenvalue weighted by atomic mass is 9.99. The van der Waals surface area contributed by atoms with E-state index in [1.165, 1.54) is 160 Å². The molecular formula is C52H97NO4. The largest absolute Gasteiger partial charge is 0.463 e. The van der Waals surface area contributed by atoms with Gasteiger partial charge in [0.2, 0.25) is 0 Å². The van der Waals surface area contributed by atoms with Crippen molar-refractivity contribution in [2.45, 2.75) is 258 Å². The number of esters is 2. The predicted molar refractivity (Wildman–Crippen MR) is 249 cm³/mol. The van der Waals surface area contributed by atoms with Crippen molar-refractivity contribution in [3.63, 3.8) is 0 Å². The van der Waals surface area contributed by atoms with E-state index in [2.05, 4.69) is 50.0 Å². The second-order valence-corrected chi connectivity index (χ2v) is 17.3. The Kier molecular flexibility index (Phi) is 43.7. The zero-order chi connectivity index (χ0) is 41.7. The highest BCUT2D eigenvalue weighted by Crippen LogP contribution is 2.20. The monoisotopic (exact) mass is 800 g/mol. The van der Waals surface area contributed by atoms with E-state index in [1.54, 1.807) is 0 Å². The lowest BCUT2D eigenvalue weighted by molar-refractivity contribution is -0.150. The minimum absolute atomic E-state index is 0.0248. The molecule has 5 nitrogen and oxygen atoms in total. The van der Waals surface area contributed by atoms with Crippen molar-refractivity contribution >= 4 is 11.9 Å². The van der Waals surface area contributed by atoms with Crippen LogP contribution in [0.5, 0.6) is 0 Å². The molecule has 0 N–H and O–H groups in total. The molecule has 1 unspecified atom stereocenters. The molecule has 0 aliphatic carbocycles. The SMILES string of the molecule is CCCCC/C=C\C/C=C\CCCCCCCCC(CCCCCCOC(=O)/C=C(\CCCCCCCC)CCCCCCCCCC)OC(=O)CCCN(C)C. The molecule has 0 amide bonds. The molecule has 1 atom stereocenters. The fourth-order valence-electron chi connectivity index (χ4n) is 7.50. The first kappa shape index (κ1) is 55.1. The van der Waals surface area contributed by atoms with Gasteiger partial charge in [-0.2, -0.15) is 0 Å². The summed E-state index contributed by atoms with van der Waals surface area (Å²) in [6.07, 6.45) is 53.6. The highest BCUT2D eigenvalue weighted by Gasteiger charge is 2.14. The smallest absolute Gasteiger partial charge is 0.330 e. The molecule has 0 rings (SSSR count).